The summed E-state index contributed by atoms with van der Waals surface area (Å²) < 4.78 is 0. The monoisotopic (exact) mass is 262 g/mol. The molecule has 1 aromatic heterocycles. The minimum atomic E-state index is 0.708. The van der Waals surface area contributed by atoms with E-state index in [9.17, 15) is 0 Å². The third kappa shape index (κ3) is 3.26. The number of pyridine rings is 1. The molecule has 0 saturated carbocycles. The lowest BCUT2D eigenvalue weighted by Crippen LogP contribution is -2.35. The number of likely N-dealkylation sites (tertiary alicyclic amines) is 1. The first-order chi connectivity index (χ1) is 8.66. The molecule has 1 aliphatic rings. The predicted octanol–water partition coefficient (Wildman–Crippen LogP) is 2.08. The van der Waals surface area contributed by atoms with Crippen LogP contribution in [0.5, 0.6) is 0 Å². The number of thiocarbonyl (C=S) groups is 1. The van der Waals surface area contributed by atoms with Gasteiger partial charge in [-0.1, -0.05) is 6.07 Å². The Balaban J connectivity index is 1.98. The molecule has 0 atom stereocenters. The highest BCUT2D eigenvalue weighted by molar-refractivity contribution is 7.80. The van der Waals surface area contributed by atoms with E-state index in [0.29, 0.717) is 5.11 Å². The van der Waals surface area contributed by atoms with Crippen LogP contribution in [-0.4, -0.2) is 33.8 Å². The first-order valence-corrected chi connectivity index (χ1v) is 6.61. The summed E-state index contributed by atoms with van der Waals surface area (Å²) in [5.41, 5.74) is 5.67. The van der Waals surface area contributed by atoms with E-state index in [2.05, 4.69) is 20.4 Å². The van der Waals surface area contributed by atoms with Gasteiger partial charge in [0, 0.05) is 18.8 Å². The summed E-state index contributed by atoms with van der Waals surface area (Å²) in [6, 6.07) is 5.90. The zero-order chi connectivity index (χ0) is 13.0. The third-order valence-corrected chi connectivity index (χ3v) is 3.32. The summed E-state index contributed by atoms with van der Waals surface area (Å²) in [6.45, 7) is 5.96. The Morgan fingerprint density at radius 2 is 2.11 bits per heavy atom. The highest BCUT2D eigenvalue weighted by Gasteiger charge is 2.14. The van der Waals surface area contributed by atoms with Gasteiger partial charge in [-0.25, -0.2) is 0 Å². The van der Waals surface area contributed by atoms with Crippen LogP contribution < -0.4 is 5.43 Å². The average molecular weight is 262 g/mol. The fourth-order valence-electron chi connectivity index (χ4n) is 1.92. The van der Waals surface area contributed by atoms with E-state index in [1.165, 1.54) is 12.8 Å². The molecular weight excluding hydrogens is 244 g/mol. The van der Waals surface area contributed by atoms with Crippen molar-refractivity contribution < 1.29 is 0 Å². The van der Waals surface area contributed by atoms with Gasteiger partial charge >= 0.3 is 0 Å². The van der Waals surface area contributed by atoms with E-state index in [-0.39, 0.29) is 0 Å². The number of hydrogen-bond acceptors (Lipinski definition) is 3. The molecule has 96 valence electrons. The Hall–Kier alpha value is -1.49. The van der Waals surface area contributed by atoms with Crippen LogP contribution in [0.25, 0.3) is 0 Å². The summed E-state index contributed by atoms with van der Waals surface area (Å²) in [5, 5.41) is 5.01. The second-order valence-electron chi connectivity index (χ2n) is 4.47. The molecule has 0 radical (unpaired) electrons. The van der Waals surface area contributed by atoms with Gasteiger partial charge in [-0.3, -0.25) is 10.4 Å². The molecule has 0 unspecified atom stereocenters. The lowest BCUT2D eigenvalue weighted by atomic mass is 10.2. The van der Waals surface area contributed by atoms with Crippen LogP contribution in [0.4, 0.5) is 0 Å². The second kappa shape index (κ2) is 5.91. The zero-order valence-corrected chi connectivity index (χ0v) is 11.6. The molecule has 0 spiro atoms. The summed E-state index contributed by atoms with van der Waals surface area (Å²) >= 11 is 5.30. The lowest BCUT2D eigenvalue weighted by molar-refractivity contribution is 0.509. The summed E-state index contributed by atoms with van der Waals surface area (Å²) in [7, 11) is 0. The molecule has 1 N–H and O–H groups in total. The van der Waals surface area contributed by atoms with E-state index in [0.717, 1.165) is 30.2 Å². The number of aromatic nitrogens is 1. The molecule has 2 rings (SSSR count). The molecule has 1 saturated heterocycles. The number of aryl methyl sites for hydroxylation is 1. The van der Waals surface area contributed by atoms with Crippen LogP contribution in [0.2, 0.25) is 0 Å². The molecule has 5 heteroatoms. The maximum absolute atomic E-state index is 5.30. The van der Waals surface area contributed by atoms with E-state index >= 15 is 0 Å². The molecule has 1 aromatic rings. The number of hydrazone groups is 1. The van der Waals surface area contributed by atoms with Gasteiger partial charge in [0.25, 0.3) is 0 Å². The van der Waals surface area contributed by atoms with Gasteiger partial charge < -0.3 is 4.90 Å². The number of rotatable bonds is 2. The first kappa shape index (κ1) is 13.0. The van der Waals surface area contributed by atoms with Gasteiger partial charge in [0.05, 0.1) is 11.4 Å². The summed E-state index contributed by atoms with van der Waals surface area (Å²) in [6.07, 6.45) is 2.42. The van der Waals surface area contributed by atoms with Gasteiger partial charge in [0.1, 0.15) is 0 Å². The van der Waals surface area contributed by atoms with Gasteiger partial charge in [-0.2, -0.15) is 5.10 Å². The fraction of sp³-hybridized carbons (Fsp3) is 0.462. The van der Waals surface area contributed by atoms with Gasteiger partial charge in [-0.15, -0.1) is 0 Å². The molecule has 0 aliphatic carbocycles. The molecule has 0 bridgehead atoms. The lowest BCUT2D eigenvalue weighted by Gasteiger charge is -2.17. The molecule has 1 aliphatic heterocycles. The molecule has 0 aromatic carbocycles. The van der Waals surface area contributed by atoms with Crippen molar-refractivity contribution in [2.24, 2.45) is 5.10 Å². The Morgan fingerprint density at radius 3 is 2.78 bits per heavy atom. The summed E-state index contributed by atoms with van der Waals surface area (Å²) in [4.78, 5) is 6.57. The quantitative estimate of drug-likeness (QED) is 0.503. The van der Waals surface area contributed by atoms with Crippen LogP contribution in [0, 0.1) is 6.92 Å². The number of nitrogens with one attached hydrogen (secondary N) is 1. The highest BCUT2D eigenvalue weighted by atomic mass is 32.1. The number of hydrogen-bond donors (Lipinski definition) is 1. The van der Waals surface area contributed by atoms with Crippen LogP contribution in [0.3, 0.4) is 0 Å². The Morgan fingerprint density at radius 1 is 1.39 bits per heavy atom. The van der Waals surface area contributed by atoms with Crippen molar-refractivity contribution in [3.8, 4) is 0 Å². The number of nitrogens with zero attached hydrogens (tertiary/aromatic N) is 3. The van der Waals surface area contributed by atoms with E-state index in [1.54, 1.807) is 0 Å². The maximum Gasteiger partial charge on any atom is 0.189 e. The smallest absolute Gasteiger partial charge is 0.189 e. The molecule has 0 amide bonds. The fourth-order valence-corrected chi connectivity index (χ4v) is 2.15. The van der Waals surface area contributed by atoms with Crippen LogP contribution in [0.15, 0.2) is 23.3 Å². The average Bonchev–Trinajstić information content (AvgIpc) is 2.89. The standard InChI is InChI=1S/C13H18N4S/c1-10-6-5-7-12(14-10)11(2)15-16-13(18)17-8-3-4-9-17/h5-7H,3-4,8-9H2,1-2H3,(H,16,18). The minimum Gasteiger partial charge on any atom is -0.348 e. The van der Waals surface area contributed by atoms with E-state index in [4.69, 9.17) is 12.2 Å². The molecular formula is C13H18N4S. The Bertz CT molecular complexity index is 464. The van der Waals surface area contributed by atoms with Crippen molar-refractivity contribution >= 4 is 23.0 Å². The molecule has 4 nitrogen and oxygen atoms in total. The minimum absolute atomic E-state index is 0.708. The Kier molecular flexibility index (Phi) is 4.25. The molecule has 1 fully saturated rings. The van der Waals surface area contributed by atoms with Crippen molar-refractivity contribution in [3.05, 3.63) is 29.6 Å². The molecule has 18 heavy (non-hydrogen) atoms. The Labute approximate surface area is 113 Å². The van der Waals surface area contributed by atoms with Gasteiger partial charge in [0.2, 0.25) is 0 Å². The van der Waals surface area contributed by atoms with Crippen molar-refractivity contribution in [2.75, 3.05) is 13.1 Å². The molecule has 2 heterocycles. The summed E-state index contributed by atoms with van der Waals surface area (Å²) in [5.74, 6) is 0. The maximum atomic E-state index is 5.30. The van der Waals surface area contributed by atoms with Crippen LogP contribution >= 0.6 is 12.2 Å². The van der Waals surface area contributed by atoms with Crippen LogP contribution in [0.1, 0.15) is 31.2 Å². The SMILES string of the molecule is CC(=NNC(=S)N1CCCC1)c1cccc(C)n1. The van der Waals surface area contributed by atoms with Crippen molar-refractivity contribution in [1.29, 1.82) is 0 Å². The van der Waals surface area contributed by atoms with Gasteiger partial charge in [0.15, 0.2) is 5.11 Å². The topological polar surface area (TPSA) is 40.5 Å². The largest absolute Gasteiger partial charge is 0.348 e. The third-order valence-electron chi connectivity index (χ3n) is 2.97. The van der Waals surface area contributed by atoms with E-state index < -0.39 is 0 Å². The zero-order valence-electron chi connectivity index (χ0n) is 10.8. The van der Waals surface area contributed by atoms with Crippen molar-refractivity contribution in [1.82, 2.24) is 15.3 Å². The second-order valence-corrected chi connectivity index (χ2v) is 4.86. The van der Waals surface area contributed by atoms with Crippen molar-refractivity contribution in [2.45, 2.75) is 26.7 Å². The highest BCUT2D eigenvalue weighted by Crippen LogP contribution is 2.07. The predicted molar refractivity (Wildman–Crippen MR) is 77.7 cm³/mol. The first-order valence-electron chi connectivity index (χ1n) is 6.20. The van der Waals surface area contributed by atoms with Gasteiger partial charge in [-0.05, 0) is 51.0 Å². The normalized spacial score (nSPS) is 15.9. The van der Waals surface area contributed by atoms with E-state index in [1.807, 2.05) is 32.0 Å². The van der Waals surface area contributed by atoms with Crippen molar-refractivity contribution in [3.63, 3.8) is 0 Å². The van der Waals surface area contributed by atoms with Crippen LogP contribution in [-0.2, 0) is 0 Å².